The third kappa shape index (κ3) is 9.79. The van der Waals surface area contributed by atoms with Crippen LogP contribution in [-0.2, 0) is 16.2 Å². The standard InChI is InChI=1S/C116H97N3/c1-111-63-18-21-66-114(111,4)117(78-33-10-7-11-34-78)106-60-53-75(69-103(106)111)82-40-25-47-89-85(82)44-28-50-92(89)100-72-99(88-43-24-32-74-31-16-17-39-81(74)88)95-56-57-97-101(93-51-29-45-86-83(41-26-48-90(86)93)76-54-61-107-104(70-76)112(2)64-19-22-67-115(112,5)118(107)79-35-12-8-13-36-79)73-102(98-59-58-96(100)109(95)110(97)98)94-52-30-46-87-84(42-27-49-91(87)94)77-55-62-108-105(71-77)113(3)65-20-23-68-116(113,6)119(108)80-37-14-9-15-38-80/h7-17,24-62,69-73H,18-23,63-68H2,1-6H3. The molecule has 18 aromatic carbocycles. The van der Waals surface area contributed by atoms with E-state index in [0.717, 1.165) is 32.1 Å². The highest BCUT2D eigenvalue weighted by atomic mass is 15.3. The monoisotopic (exact) mass is 1530 g/mol. The van der Waals surface area contributed by atoms with E-state index in [1.807, 2.05) is 0 Å². The van der Waals surface area contributed by atoms with Gasteiger partial charge in [0.15, 0.2) is 0 Å². The molecule has 576 valence electrons. The first kappa shape index (κ1) is 70.6. The molecule has 0 N–H and O–H groups in total. The molecule has 18 aromatic rings. The summed E-state index contributed by atoms with van der Waals surface area (Å²) < 4.78 is 0. The van der Waals surface area contributed by atoms with Crippen molar-refractivity contribution < 1.29 is 0 Å². The van der Waals surface area contributed by atoms with Gasteiger partial charge in [-0.05, 0) is 314 Å². The first-order valence-electron chi connectivity index (χ1n) is 44.1. The second kappa shape index (κ2) is 26.0. The average molecular weight is 1530 g/mol. The topological polar surface area (TPSA) is 9.72 Å². The quantitative estimate of drug-likeness (QED) is 0.126. The van der Waals surface area contributed by atoms with E-state index in [4.69, 9.17) is 0 Å². The smallest absolute Gasteiger partial charge is 0.0517 e. The molecule has 3 aliphatic carbocycles. The molecule has 0 bridgehead atoms. The van der Waals surface area contributed by atoms with Crippen LogP contribution in [0.2, 0.25) is 0 Å². The first-order chi connectivity index (χ1) is 58.2. The van der Waals surface area contributed by atoms with Gasteiger partial charge in [0.05, 0.1) is 16.6 Å². The van der Waals surface area contributed by atoms with Crippen LogP contribution in [0.3, 0.4) is 0 Å². The molecular weight excluding hydrogens is 1440 g/mol. The number of benzene rings is 18. The van der Waals surface area contributed by atoms with Gasteiger partial charge in [0.2, 0.25) is 0 Å². The van der Waals surface area contributed by atoms with Crippen molar-refractivity contribution in [2.24, 2.45) is 0 Å². The van der Waals surface area contributed by atoms with Crippen LogP contribution in [0.1, 0.15) is 135 Å². The minimum Gasteiger partial charge on any atom is -0.334 e. The second-order valence-corrected chi connectivity index (χ2v) is 37.3. The molecule has 3 fully saturated rings. The zero-order valence-corrected chi connectivity index (χ0v) is 69.1. The highest BCUT2D eigenvalue weighted by Gasteiger charge is 2.60. The number of nitrogens with zero attached hydrogens (tertiary/aromatic N) is 3. The second-order valence-electron chi connectivity index (χ2n) is 37.3. The molecule has 0 amide bonds. The lowest BCUT2D eigenvalue weighted by atomic mass is 9.61. The summed E-state index contributed by atoms with van der Waals surface area (Å²) in [7, 11) is 0. The van der Waals surface area contributed by atoms with Gasteiger partial charge in [-0.2, -0.15) is 0 Å². The summed E-state index contributed by atoms with van der Waals surface area (Å²) in [6.45, 7) is 15.4. The van der Waals surface area contributed by atoms with Crippen LogP contribution in [0.5, 0.6) is 0 Å². The summed E-state index contributed by atoms with van der Waals surface area (Å²) >= 11 is 0. The van der Waals surface area contributed by atoms with E-state index in [1.165, 1.54) is 249 Å². The van der Waals surface area contributed by atoms with Crippen molar-refractivity contribution in [3.63, 3.8) is 0 Å². The van der Waals surface area contributed by atoms with Crippen LogP contribution < -0.4 is 14.7 Å². The molecular formula is C116H97N3. The van der Waals surface area contributed by atoms with Gasteiger partial charge in [-0.25, -0.2) is 0 Å². The number of hydrogen-bond donors (Lipinski definition) is 0. The molecule has 3 nitrogen and oxygen atoms in total. The maximum atomic E-state index is 2.71. The van der Waals surface area contributed by atoms with Crippen LogP contribution in [0.15, 0.2) is 334 Å². The first-order valence-corrected chi connectivity index (χ1v) is 44.1. The number of anilines is 6. The summed E-state index contributed by atoms with van der Waals surface area (Å²) in [5.41, 5.74) is 29.6. The van der Waals surface area contributed by atoms with E-state index in [9.17, 15) is 0 Å². The van der Waals surface area contributed by atoms with Crippen molar-refractivity contribution in [2.75, 3.05) is 14.7 Å². The highest BCUT2D eigenvalue weighted by molar-refractivity contribution is 6.34. The van der Waals surface area contributed by atoms with Gasteiger partial charge < -0.3 is 14.7 Å². The van der Waals surface area contributed by atoms with Crippen LogP contribution in [0, 0.1) is 0 Å². The fraction of sp³-hybridized carbons (Fsp3) is 0.207. The maximum Gasteiger partial charge on any atom is 0.0517 e. The number of fused-ring (bicyclic) bond motifs is 13. The summed E-state index contributed by atoms with van der Waals surface area (Å²) in [5, 5.41) is 17.6. The summed E-state index contributed by atoms with van der Waals surface area (Å²) in [5.74, 6) is 0. The van der Waals surface area contributed by atoms with Gasteiger partial charge in [-0.15, -0.1) is 0 Å². The van der Waals surface area contributed by atoms with E-state index in [1.54, 1.807) is 0 Å². The van der Waals surface area contributed by atoms with Crippen molar-refractivity contribution in [3.8, 4) is 77.9 Å². The summed E-state index contributed by atoms with van der Waals surface area (Å²) in [6, 6.07) is 130. The van der Waals surface area contributed by atoms with Gasteiger partial charge in [0.25, 0.3) is 0 Å². The van der Waals surface area contributed by atoms with Crippen molar-refractivity contribution in [1.82, 2.24) is 0 Å². The van der Waals surface area contributed by atoms with E-state index in [2.05, 4.69) is 390 Å². The van der Waals surface area contributed by atoms with Crippen LogP contribution >= 0.6 is 0 Å². The lowest BCUT2D eigenvalue weighted by Gasteiger charge is -2.50. The van der Waals surface area contributed by atoms with Gasteiger partial charge in [0, 0.05) is 50.4 Å². The van der Waals surface area contributed by atoms with Gasteiger partial charge in [-0.3, -0.25) is 0 Å². The summed E-state index contributed by atoms with van der Waals surface area (Å²) in [4.78, 5) is 8.12. The number of para-hydroxylation sites is 3. The molecule has 3 heteroatoms. The fourth-order valence-corrected chi connectivity index (χ4v) is 25.4. The van der Waals surface area contributed by atoms with Crippen molar-refractivity contribution in [2.45, 2.75) is 151 Å². The Hall–Kier alpha value is -12.6. The van der Waals surface area contributed by atoms with Crippen LogP contribution in [0.25, 0.3) is 153 Å². The van der Waals surface area contributed by atoms with Crippen LogP contribution in [0.4, 0.5) is 34.1 Å². The van der Waals surface area contributed by atoms with Crippen molar-refractivity contribution in [1.29, 1.82) is 0 Å². The summed E-state index contributed by atoms with van der Waals surface area (Å²) in [6.07, 6.45) is 14.4. The third-order valence-electron chi connectivity index (χ3n) is 31.9. The minimum atomic E-state index is -0.0539. The fourth-order valence-electron chi connectivity index (χ4n) is 25.4. The zero-order chi connectivity index (χ0) is 79.5. The Morgan fingerprint density at radius 2 is 0.445 bits per heavy atom. The molecule has 6 aliphatic rings. The number of rotatable bonds is 10. The Kier molecular flexibility index (Phi) is 15.4. The Labute approximate surface area is 699 Å². The molecule has 0 radical (unpaired) electrons. The predicted octanol–water partition coefficient (Wildman–Crippen LogP) is 32.1. The zero-order valence-electron chi connectivity index (χ0n) is 69.1. The SMILES string of the molecule is CC12CCCCC1(C)N(c1ccccc1)c1ccc(-c3cccc4c(-c5cc(-c6cccc7ccccc67)c6ccc7c(-c8cccc9c(-c%10ccc%11c(c%10)C%10(C)CCCCC%10(C)N%11c%10ccccc%10)cccc89)cc(-c8cccc9c(-c%10ccc%11c(c%10)C%10(C)CCCCC%10(C)N%11c%10ccccc%10)cccc89)c8ccc5c6c78)cccc34)cc12. The molecule has 0 saturated heterocycles. The van der Waals surface area contributed by atoms with Crippen LogP contribution in [-0.4, -0.2) is 16.6 Å². The molecule has 3 heterocycles. The molecule has 6 unspecified atom stereocenters. The Balaban J connectivity index is 0.743. The Morgan fingerprint density at radius 3 is 0.773 bits per heavy atom. The van der Waals surface area contributed by atoms with E-state index >= 15 is 0 Å². The van der Waals surface area contributed by atoms with Gasteiger partial charge in [-0.1, -0.05) is 308 Å². The van der Waals surface area contributed by atoms with E-state index < -0.39 is 0 Å². The molecule has 119 heavy (non-hydrogen) atoms. The predicted molar refractivity (Wildman–Crippen MR) is 507 cm³/mol. The van der Waals surface area contributed by atoms with Crippen molar-refractivity contribution in [3.05, 3.63) is 350 Å². The largest absolute Gasteiger partial charge is 0.334 e. The minimum absolute atomic E-state index is 0.0225. The lowest BCUT2D eigenvalue weighted by Crippen LogP contribution is -2.54. The Morgan fingerprint density at radius 1 is 0.193 bits per heavy atom. The number of hydrogen-bond acceptors (Lipinski definition) is 3. The molecule has 3 aliphatic heterocycles. The molecule has 6 atom stereocenters. The molecule has 0 aromatic heterocycles. The molecule has 3 saturated carbocycles. The van der Waals surface area contributed by atoms with Gasteiger partial charge in [0.1, 0.15) is 0 Å². The Bertz CT molecular complexity index is 7030. The average Bonchev–Trinajstić information content (AvgIpc) is 1.39. The maximum absolute atomic E-state index is 2.71. The van der Waals surface area contributed by atoms with Gasteiger partial charge >= 0.3 is 0 Å². The van der Waals surface area contributed by atoms with Crippen molar-refractivity contribution >= 4 is 110 Å². The van der Waals surface area contributed by atoms with E-state index in [0.29, 0.717) is 0 Å². The highest BCUT2D eigenvalue weighted by Crippen LogP contribution is 2.66. The molecule has 24 rings (SSSR count). The lowest BCUT2D eigenvalue weighted by molar-refractivity contribution is 0.195. The molecule has 0 spiro atoms. The van der Waals surface area contributed by atoms with E-state index in [-0.39, 0.29) is 32.9 Å². The normalized spacial score (nSPS) is 22.5. The third-order valence-corrected chi connectivity index (χ3v) is 31.9.